The lowest BCUT2D eigenvalue weighted by atomic mass is 10.1. The number of ether oxygens (including phenoxy) is 1. The molecule has 1 saturated heterocycles. The normalized spacial score (nSPS) is 20.5. The minimum atomic E-state index is -0.571. The van der Waals surface area contributed by atoms with E-state index in [2.05, 4.69) is 18.5 Å². The second-order valence-corrected chi connectivity index (χ2v) is 3.92. The summed E-state index contributed by atoms with van der Waals surface area (Å²) in [5, 5.41) is 2.71. The van der Waals surface area contributed by atoms with E-state index in [0.29, 0.717) is 30.9 Å². The molecule has 0 bridgehead atoms. The number of rotatable bonds is 5. The van der Waals surface area contributed by atoms with Crippen LogP contribution >= 0.6 is 0 Å². The van der Waals surface area contributed by atoms with Gasteiger partial charge >= 0.3 is 0 Å². The van der Waals surface area contributed by atoms with Crippen LogP contribution < -0.4 is 5.32 Å². The van der Waals surface area contributed by atoms with Crippen LogP contribution in [0.25, 0.3) is 0 Å². The highest BCUT2D eigenvalue weighted by Crippen LogP contribution is 2.16. The fraction of sp³-hybridized carbons (Fsp3) is 0.417. The van der Waals surface area contributed by atoms with Crippen molar-refractivity contribution in [1.82, 2.24) is 5.32 Å². The molecular formula is C12H16FNO2. The van der Waals surface area contributed by atoms with Crippen LogP contribution in [0.4, 0.5) is 4.39 Å². The summed E-state index contributed by atoms with van der Waals surface area (Å²) in [6, 6.07) is 0. The number of allylic oxidation sites excluding steroid dienone is 3. The van der Waals surface area contributed by atoms with Gasteiger partial charge in [0.2, 0.25) is 5.91 Å². The van der Waals surface area contributed by atoms with Crippen molar-refractivity contribution in [2.24, 2.45) is 5.92 Å². The van der Waals surface area contributed by atoms with Crippen molar-refractivity contribution in [1.29, 1.82) is 0 Å². The summed E-state index contributed by atoms with van der Waals surface area (Å²) in [5.41, 5.74) is 0.635. The molecule has 1 fully saturated rings. The van der Waals surface area contributed by atoms with Crippen molar-refractivity contribution in [3.8, 4) is 0 Å². The van der Waals surface area contributed by atoms with Crippen molar-refractivity contribution >= 4 is 5.91 Å². The van der Waals surface area contributed by atoms with E-state index in [9.17, 15) is 9.18 Å². The fourth-order valence-corrected chi connectivity index (χ4v) is 1.42. The first-order valence-electron chi connectivity index (χ1n) is 5.10. The average molecular weight is 225 g/mol. The molecule has 1 atom stereocenters. The number of hydrogen-bond acceptors (Lipinski definition) is 2. The zero-order valence-corrected chi connectivity index (χ0v) is 9.38. The average Bonchev–Trinajstić information content (AvgIpc) is 2.58. The van der Waals surface area contributed by atoms with Gasteiger partial charge in [0.15, 0.2) is 0 Å². The molecule has 1 aliphatic rings. The van der Waals surface area contributed by atoms with Gasteiger partial charge in [0.1, 0.15) is 11.6 Å². The predicted octanol–water partition coefficient (Wildman–Crippen LogP) is 2.08. The van der Waals surface area contributed by atoms with E-state index in [1.165, 1.54) is 6.08 Å². The van der Waals surface area contributed by atoms with Gasteiger partial charge in [-0.3, -0.25) is 4.79 Å². The Kier molecular flexibility index (Phi) is 4.28. The summed E-state index contributed by atoms with van der Waals surface area (Å²) in [6.07, 6.45) is 1.66. The molecule has 1 rings (SSSR count). The van der Waals surface area contributed by atoms with E-state index in [-0.39, 0.29) is 11.8 Å². The number of amides is 1. The van der Waals surface area contributed by atoms with Gasteiger partial charge in [-0.15, -0.1) is 0 Å². The lowest BCUT2D eigenvalue weighted by Gasteiger charge is -2.13. The molecule has 3 nitrogen and oxygen atoms in total. The Bertz CT molecular complexity index is 347. The fourth-order valence-electron chi connectivity index (χ4n) is 1.42. The highest BCUT2D eigenvalue weighted by Gasteiger charge is 2.22. The number of carbonyl (C=O) groups excluding carboxylic acids is 1. The maximum Gasteiger partial charge on any atom is 0.220 e. The van der Waals surface area contributed by atoms with Gasteiger partial charge < -0.3 is 10.1 Å². The third-order valence-electron chi connectivity index (χ3n) is 2.24. The van der Waals surface area contributed by atoms with Crippen LogP contribution in [0.3, 0.4) is 0 Å². The number of carbonyl (C=O) groups is 1. The van der Waals surface area contributed by atoms with E-state index in [4.69, 9.17) is 4.74 Å². The van der Waals surface area contributed by atoms with Crippen LogP contribution in [0.1, 0.15) is 13.3 Å². The topological polar surface area (TPSA) is 38.3 Å². The lowest BCUT2D eigenvalue weighted by Crippen LogP contribution is -2.15. The second-order valence-electron chi connectivity index (χ2n) is 3.92. The minimum Gasteiger partial charge on any atom is -0.493 e. The van der Waals surface area contributed by atoms with E-state index in [0.717, 1.165) is 0 Å². The van der Waals surface area contributed by atoms with E-state index in [1.54, 1.807) is 6.92 Å². The van der Waals surface area contributed by atoms with Crippen LogP contribution in [0.2, 0.25) is 0 Å². The highest BCUT2D eigenvalue weighted by molar-refractivity contribution is 5.78. The first kappa shape index (κ1) is 12.5. The Morgan fingerprint density at radius 1 is 1.69 bits per heavy atom. The summed E-state index contributed by atoms with van der Waals surface area (Å²) in [6.45, 7) is 9.54. The molecule has 0 aliphatic carbocycles. The Morgan fingerprint density at radius 2 is 2.38 bits per heavy atom. The smallest absolute Gasteiger partial charge is 0.220 e. The molecule has 1 heterocycles. The first-order valence-corrected chi connectivity index (χ1v) is 5.10. The summed E-state index contributed by atoms with van der Waals surface area (Å²) >= 11 is 0. The van der Waals surface area contributed by atoms with Crippen LogP contribution in [-0.2, 0) is 9.53 Å². The number of nitrogens with one attached hydrogen (secondary N) is 1. The Labute approximate surface area is 94.7 Å². The molecular weight excluding hydrogens is 209 g/mol. The van der Waals surface area contributed by atoms with Crippen LogP contribution in [0.15, 0.2) is 36.4 Å². The maximum atomic E-state index is 12.6. The summed E-state index contributed by atoms with van der Waals surface area (Å²) in [4.78, 5) is 10.9. The largest absolute Gasteiger partial charge is 0.493 e. The number of hydrogen-bond donors (Lipinski definition) is 1. The van der Waals surface area contributed by atoms with Crippen molar-refractivity contribution in [3.05, 3.63) is 36.4 Å². The SMILES string of the molecule is C=C(F)/C=C(/OCC1CNC(=O)C1)C(=C)C. The minimum absolute atomic E-state index is 0.0318. The number of halogens is 1. The van der Waals surface area contributed by atoms with Gasteiger partial charge in [0.25, 0.3) is 0 Å². The van der Waals surface area contributed by atoms with Crippen LogP contribution in [0, 0.1) is 5.92 Å². The summed E-state index contributed by atoms with van der Waals surface area (Å²) in [5.74, 6) is -0.0158. The van der Waals surface area contributed by atoms with Crippen molar-refractivity contribution in [2.75, 3.05) is 13.2 Å². The van der Waals surface area contributed by atoms with Gasteiger partial charge in [0.05, 0.1) is 6.61 Å². The predicted molar refractivity (Wildman–Crippen MR) is 60.2 cm³/mol. The van der Waals surface area contributed by atoms with Gasteiger partial charge in [-0.25, -0.2) is 4.39 Å². The quantitative estimate of drug-likeness (QED) is 0.574. The Hall–Kier alpha value is -1.58. The van der Waals surface area contributed by atoms with Crippen molar-refractivity contribution < 1.29 is 13.9 Å². The van der Waals surface area contributed by atoms with E-state index < -0.39 is 5.83 Å². The Morgan fingerprint density at radius 3 is 2.81 bits per heavy atom. The molecule has 88 valence electrons. The molecule has 0 spiro atoms. The summed E-state index contributed by atoms with van der Waals surface area (Å²) < 4.78 is 18.0. The molecule has 1 N–H and O–H groups in total. The standard InChI is InChI=1S/C12H16FNO2/c1-8(2)11(4-9(3)13)16-7-10-5-12(15)14-6-10/h4,10H,1,3,5-7H2,2H3,(H,14,15)/b11-4+. The lowest BCUT2D eigenvalue weighted by molar-refractivity contribution is -0.119. The van der Waals surface area contributed by atoms with Crippen molar-refractivity contribution in [3.63, 3.8) is 0 Å². The molecule has 0 aromatic heterocycles. The molecule has 1 unspecified atom stereocenters. The second kappa shape index (κ2) is 5.49. The molecule has 16 heavy (non-hydrogen) atoms. The highest BCUT2D eigenvalue weighted by atomic mass is 19.1. The Balaban J connectivity index is 2.48. The third kappa shape index (κ3) is 3.88. The van der Waals surface area contributed by atoms with E-state index in [1.807, 2.05) is 0 Å². The van der Waals surface area contributed by atoms with Crippen molar-refractivity contribution in [2.45, 2.75) is 13.3 Å². The molecule has 4 heteroatoms. The molecule has 1 amide bonds. The maximum absolute atomic E-state index is 12.6. The summed E-state index contributed by atoms with van der Waals surface area (Å²) in [7, 11) is 0. The van der Waals surface area contributed by atoms with Gasteiger partial charge in [-0.1, -0.05) is 13.2 Å². The molecule has 0 saturated carbocycles. The molecule has 0 radical (unpaired) electrons. The monoisotopic (exact) mass is 225 g/mol. The first-order chi connectivity index (χ1) is 7.49. The third-order valence-corrected chi connectivity index (χ3v) is 2.24. The molecule has 1 aliphatic heterocycles. The van der Waals surface area contributed by atoms with Gasteiger partial charge in [-0.05, 0) is 12.5 Å². The molecule has 0 aromatic rings. The zero-order chi connectivity index (χ0) is 12.1. The van der Waals surface area contributed by atoms with Crippen LogP contribution in [-0.4, -0.2) is 19.1 Å². The zero-order valence-electron chi connectivity index (χ0n) is 9.38. The van der Waals surface area contributed by atoms with Crippen LogP contribution in [0.5, 0.6) is 0 Å². The van der Waals surface area contributed by atoms with Gasteiger partial charge in [-0.2, -0.15) is 0 Å². The van der Waals surface area contributed by atoms with E-state index >= 15 is 0 Å². The van der Waals surface area contributed by atoms with Gasteiger partial charge in [0, 0.05) is 25.0 Å². The molecule has 0 aromatic carbocycles.